The van der Waals surface area contributed by atoms with E-state index < -0.39 is 12.2 Å². The number of allylic oxidation sites excluding steroid dienone is 1. The van der Waals surface area contributed by atoms with E-state index >= 15 is 0 Å². The zero-order valence-corrected chi connectivity index (χ0v) is 15.9. The number of hydrogen-bond acceptors (Lipinski definition) is 5. The van der Waals surface area contributed by atoms with Crippen molar-refractivity contribution in [1.29, 1.82) is 0 Å². The molecule has 5 heteroatoms. The standard InChI is InChI=1S/C21H26O5/c1-6-7-15-8-10-18(19(12-15)24-4)26-14(2)21(22)16-9-11-17(23-3)20(13-16)25-5/h6-14,21-22H,1-5H3/t14-,21+/m1/s1. The average Bonchev–Trinajstić information content (AvgIpc) is 2.67. The number of aliphatic hydroxyl groups excluding tert-OH is 1. The fourth-order valence-corrected chi connectivity index (χ4v) is 2.65. The first-order valence-electron chi connectivity index (χ1n) is 8.41. The van der Waals surface area contributed by atoms with Crippen molar-refractivity contribution >= 4 is 6.08 Å². The van der Waals surface area contributed by atoms with E-state index in [1.165, 1.54) is 0 Å². The molecular formula is C21H26O5. The molecule has 0 saturated carbocycles. The van der Waals surface area contributed by atoms with Crippen LogP contribution >= 0.6 is 0 Å². The van der Waals surface area contributed by atoms with Gasteiger partial charge >= 0.3 is 0 Å². The van der Waals surface area contributed by atoms with Gasteiger partial charge in [-0.3, -0.25) is 0 Å². The van der Waals surface area contributed by atoms with Gasteiger partial charge < -0.3 is 24.1 Å². The van der Waals surface area contributed by atoms with Gasteiger partial charge in [0, 0.05) is 0 Å². The summed E-state index contributed by atoms with van der Waals surface area (Å²) in [5.41, 5.74) is 1.70. The highest BCUT2D eigenvalue weighted by Gasteiger charge is 2.21. The molecule has 0 radical (unpaired) electrons. The number of aliphatic hydroxyl groups is 1. The maximum atomic E-state index is 10.7. The normalized spacial score (nSPS) is 13.3. The smallest absolute Gasteiger partial charge is 0.161 e. The molecule has 26 heavy (non-hydrogen) atoms. The summed E-state index contributed by atoms with van der Waals surface area (Å²) < 4.78 is 21.9. The Kier molecular flexibility index (Phi) is 6.92. The second-order valence-electron chi connectivity index (χ2n) is 5.79. The average molecular weight is 358 g/mol. The van der Waals surface area contributed by atoms with Crippen LogP contribution in [0.3, 0.4) is 0 Å². The van der Waals surface area contributed by atoms with E-state index in [1.807, 2.05) is 37.3 Å². The Hall–Kier alpha value is -2.66. The van der Waals surface area contributed by atoms with Crippen LogP contribution in [-0.4, -0.2) is 32.5 Å². The molecule has 1 N–H and O–H groups in total. The van der Waals surface area contributed by atoms with Gasteiger partial charge in [-0.05, 0) is 49.2 Å². The van der Waals surface area contributed by atoms with Gasteiger partial charge in [-0.1, -0.05) is 24.3 Å². The summed E-state index contributed by atoms with van der Waals surface area (Å²) in [6.07, 6.45) is 2.61. The van der Waals surface area contributed by atoms with Crippen LogP contribution in [0.5, 0.6) is 23.0 Å². The minimum Gasteiger partial charge on any atom is -0.493 e. The number of benzene rings is 2. The van der Waals surface area contributed by atoms with Crippen LogP contribution in [0, 0.1) is 0 Å². The highest BCUT2D eigenvalue weighted by atomic mass is 16.5. The van der Waals surface area contributed by atoms with Crippen LogP contribution in [0.1, 0.15) is 31.1 Å². The van der Waals surface area contributed by atoms with Crippen molar-refractivity contribution in [3.8, 4) is 23.0 Å². The molecule has 2 rings (SSSR count). The van der Waals surface area contributed by atoms with E-state index in [0.717, 1.165) is 5.56 Å². The van der Waals surface area contributed by atoms with Gasteiger partial charge in [0.1, 0.15) is 12.2 Å². The second kappa shape index (κ2) is 9.15. The van der Waals surface area contributed by atoms with Gasteiger partial charge in [0.2, 0.25) is 0 Å². The lowest BCUT2D eigenvalue weighted by Gasteiger charge is -2.23. The third-order valence-corrected chi connectivity index (χ3v) is 4.05. The first kappa shape index (κ1) is 19.7. The summed E-state index contributed by atoms with van der Waals surface area (Å²) in [6.45, 7) is 3.76. The first-order chi connectivity index (χ1) is 12.5. The molecule has 0 bridgehead atoms. The van der Waals surface area contributed by atoms with Crippen molar-refractivity contribution in [2.75, 3.05) is 21.3 Å². The Morgan fingerprint density at radius 1 is 0.846 bits per heavy atom. The lowest BCUT2D eigenvalue weighted by Crippen LogP contribution is -2.22. The molecule has 0 aromatic heterocycles. The largest absolute Gasteiger partial charge is 0.493 e. The molecule has 140 valence electrons. The van der Waals surface area contributed by atoms with E-state index in [1.54, 1.807) is 46.5 Å². The summed E-state index contributed by atoms with van der Waals surface area (Å²) in [5.74, 6) is 2.36. The van der Waals surface area contributed by atoms with E-state index in [-0.39, 0.29) is 0 Å². The predicted molar refractivity (Wildman–Crippen MR) is 102 cm³/mol. The maximum absolute atomic E-state index is 10.7. The molecule has 0 unspecified atom stereocenters. The van der Waals surface area contributed by atoms with Crippen LogP contribution in [0.2, 0.25) is 0 Å². The Morgan fingerprint density at radius 2 is 1.46 bits per heavy atom. The van der Waals surface area contributed by atoms with Gasteiger partial charge in [-0.15, -0.1) is 0 Å². The highest BCUT2D eigenvalue weighted by Crippen LogP contribution is 2.34. The third kappa shape index (κ3) is 4.49. The Labute approximate surface area is 154 Å². The highest BCUT2D eigenvalue weighted by molar-refractivity contribution is 5.55. The van der Waals surface area contributed by atoms with E-state index in [0.29, 0.717) is 28.6 Å². The van der Waals surface area contributed by atoms with E-state index in [9.17, 15) is 5.11 Å². The number of ether oxygens (including phenoxy) is 4. The molecule has 0 fully saturated rings. The molecule has 0 saturated heterocycles. The lowest BCUT2D eigenvalue weighted by atomic mass is 10.0. The van der Waals surface area contributed by atoms with Crippen molar-refractivity contribution in [3.05, 3.63) is 53.6 Å². The second-order valence-corrected chi connectivity index (χ2v) is 5.79. The van der Waals surface area contributed by atoms with Crippen LogP contribution < -0.4 is 18.9 Å². The van der Waals surface area contributed by atoms with Crippen molar-refractivity contribution in [3.63, 3.8) is 0 Å². The Morgan fingerprint density at radius 3 is 2.08 bits per heavy atom. The van der Waals surface area contributed by atoms with Gasteiger partial charge in [-0.2, -0.15) is 0 Å². The monoisotopic (exact) mass is 358 g/mol. The molecule has 0 amide bonds. The van der Waals surface area contributed by atoms with Crippen molar-refractivity contribution in [2.24, 2.45) is 0 Å². The first-order valence-corrected chi connectivity index (χ1v) is 8.41. The molecule has 0 heterocycles. The summed E-state index contributed by atoms with van der Waals surface area (Å²) in [6, 6.07) is 11.0. The molecule has 0 aliphatic carbocycles. The number of rotatable bonds is 8. The Bertz CT molecular complexity index is 754. The van der Waals surface area contributed by atoms with Crippen LogP contribution in [0.25, 0.3) is 6.08 Å². The maximum Gasteiger partial charge on any atom is 0.161 e. The van der Waals surface area contributed by atoms with Crippen molar-refractivity contribution in [2.45, 2.75) is 26.1 Å². The fraction of sp³-hybridized carbons (Fsp3) is 0.333. The molecule has 5 nitrogen and oxygen atoms in total. The van der Waals surface area contributed by atoms with Crippen molar-refractivity contribution < 1.29 is 24.1 Å². The third-order valence-electron chi connectivity index (χ3n) is 4.05. The zero-order valence-electron chi connectivity index (χ0n) is 15.9. The summed E-state index contributed by atoms with van der Waals surface area (Å²) >= 11 is 0. The minimum absolute atomic E-state index is 0.491. The van der Waals surface area contributed by atoms with Crippen molar-refractivity contribution in [1.82, 2.24) is 0 Å². The minimum atomic E-state index is -0.838. The summed E-state index contributed by atoms with van der Waals surface area (Å²) in [5, 5.41) is 10.7. The van der Waals surface area contributed by atoms with Gasteiger partial charge in [0.15, 0.2) is 23.0 Å². The molecule has 0 aliphatic heterocycles. The van der Waals surface area contributed by atoms with Gasteiger partial charge in [0.05, 0.1) is 21.3 Å². The fourth-order valence-electron chi connectivity index (χ4n) is 2.65. The van der Waals surface area contributed by atoms with Crippen LogP contribution in [-0.2, 0) is 0 Å². The number of methoxy groups -OCH3 is 3. The molecule has 0 aliphatic rings. The van der Waals surface area contributed by atoms with Gasteiger partial charge in [0.25, 0.3) is 0 Å². The predicted octanol–water partition coefficient (Wildman–Crippen LogP) is 4.25. The quantitative estimate of drug-likeness (QED) is 0.765. The van der Waals surface area contributed by atoms with E-state index in [4.69, 9.17) is 18.9 Å². The lowest BCUT2D eigenvalue weighted by molar-refractivity contribution is 0.0450. The molecule has 2 aromatic carbocycles. The molecule has 2 atom stereocenters. The molecule has 0 spiro atoms. The summed E-state index contributed by atoms with van der Waals surface area (Å²) in [4.78, 5) is 0. The van der Waals surface area contributed by atoms with E-state index in [2.05, 4.69) is 0 Å². The SMILES string of the molecule is CC=Cc1ccc(O[C@H](C)[C@H](O)c2ccc(OC)c(OC)c2)c(OC)c1. The summed E-state index contributed by atoms with van der Waals surface area (Å²) in [7, 11) is 4.73. The number of hydrogen-bond donors (Lipinski definition) is 1. The van der Waals surface area contributed by atoms with Crippen LogP contribution in [0.15, 0.2) is 42.5 Å². The topological polar surface area (TPSA) is 57.2 Å². The molecule has 2 aromatic rings. The zero-order chi connectivity index (χ0) is 19.1. The van der Waals surface area contributed by atoms with Crippen LogP contribution in [0.4, 0.5) is 0 Å². The Balaban J connectivity index is 2.20. The molecular weight excluding hydrogens is 332 g/mol. The van der Waals surface area contributed by atoms with Gasteiger partial charge in [-0.25, -0.2) is 0 Å².